The normalized spacial score (nSPS) is 11.7. The van der Waals surface area contributed by atoms with Gasteiger partial charge in [-0.15, -0.1) is 6.58 Å². The van der Waals surface area contributed by atoms with Gasteiger partial charge in [-0.3, -0.25) is 0 Å². The predicted molar refractivity (Wildman–Crippen MR) is 98.2 cm³/mol. The van der Waals surface area contributed by atoms with E-state index in [1.54, 1.807) is 13.0 Å². The maximum absolute atomic E-state index is 8.18. The van der Waals surface area contributed by atoms with Crippen LogP contribution >= 0.6 is 0 Å². The van der Waals surface area contributed by atoms with E-state index in [0.29, 0.717) is 11.4 Å². The monoisotopic (exact) mass is 294 g/mol. The van der Waals surface area contributed by atoms with Crippen LogP contribution in [0.1, 0.15) is 50.3 Å². The molecule has 22 heavy (non-hydrogen) atoms. The Morgan fingerprint density at radius 2 is 1.82 bits per heavy atom. The van der Waals surface area contributed by atoms with Gasteiger partial charge < -0.3 is 10.8 Å². The van der Waals surface area contributed by atoms with E-state index >= 15 is 0 Å². The van der Waals surface area contributed by atoms with Gasteiger partial charge in [-0.05, 0) is 74.9 Å². The second-order valence-electron chi connectivity index (χ2n) is 5.73. The lowest BCUT2D eigenvalue weighted by Crippen LogP contribution is -2.01. The van der Waals surface area contributed by atoms with Gasteiger partial charge in [0.15, 0.2) is 0 Å². The zero-order chi connectivity index (χ0) is 16.7. The van der Waals surface area contributed by atoms with Gasteiger partial charge in [0.2, 0.25) is 0 Å². The quantitative estimate of drug-likeness (QED) is 0.367. The summed E-state index contributed by atoms with van der Waals surface area (Å²) in [4.78, 5) is 0. The van der Waals surface area contributed by atoms with Crippen LogP contribution in [0.25, 0.3) is 5.57 Å². The smallest absolute Gasteiger partial charge is 0.0389 e. The molecule has 0 radical (unpaired) electrons. The van der Waals surface area contributed by atoms with Crippen LogP contribution in [0.4, 0.5) is 0 Å². The second-order valence-corrected chi connectivity index (χ2v) is 5.73. The van der Waals surface area contributed by atoms with Crippen molar-refractivity contribution < 1.29 is 0 Å². The number of hydrogen-bond donors (Lipinski definition) is 2. The molecule has 1 rings (SSSR count). The number of rotatable bonds is 7. The third-order valence-corrected chi connectivity index (χ3v) is 3.51. The van der Waals surface area contributed by atoms with Gasteiger partial charge in [0.05, 0.1) is 0 Å². The van der Waals surface area contributed by atoms with E-state index < -0.39 is 0 Å². The Morgan fingerprint density at radius 3 is 2.32 bits per heavy atom. The molecule has 0 unspecified atom stereocenters. The fourth-order valence-electron chi connectivity index (χ4n) is 2.21. The van der Waals surface area contributed by atoms with Crippen LogP contribution in [0.3, 0.4) is 0 Å². The third-order valence-electron chi connectivity index (χ3n) is 3.51. The van der Waals surface area contributed by atoms with Crippen molar-refractivity contribution in [3.8, 4) is 0 Å². The minimum absolute atomic E-state index is 0.537. The van der Waals surface area contributed by atoms with Crippen molar-refractivity contribution in [3.05, 3.63) is 65.3 Å². The summed E-state index contributed by atoms with van der Waals surface area (Å²) in [5.41, 5.74) is 6.69. The molecule has 1 aromatic rings. The molecule has 116 valence electrons. The molecule has 0 atom stereocenters. The summed E-state index contributed by atoms with van der Waals surface area (Å²) in [6.07, 6.45) is 7.42. The largest absolute Gasteiger partial charge is 0.306 e. The van der Waals surface area contributed by atoms with Crippen molar-refractivity contribution in [2.24, 2.45) is 0 Å². The van der Waals surface area contributed by atoms with Crippen LogP contribution in [-0.2, 0) is 0 Å². The lowest BCUT2D eigenvalue weighted by molar-refractivity contribution is 1.01. The number of nitrogens with one attached hydrogen (secondary N) is 2. The summed E-state index contributed by atoms with van der Waals surface area (Å²) in [5.74, 6) is 0. The Morgan fingerprint density at radius 1 is 1.14 bits per heavy atom. The van der Waals surface area contributed by atoms with E-state index in [9.17, 15) is 0 Å². The summed E-state index contributed by atoms with van der Waals surface area (Å²) in [6.45, 7) is 11.7. The van der Waals surface area contributed by atoms with Crippen molar-refractivity contribution in [1.29, 1.82) is 10.8 Å². The molecule has 0 aliphatic heterocycles. The Balaban J connectivity index is 3.00. The number of hydrogen-bond acceptors (Lipinski definition) is 2. The Bertz CT molecular complexity index is 646. The molecule has 0 fully saturated rings. The molecule has 2 heteroatoms. The Kier molecular flexibility index (Phi) is 6.71. The molecular formula is C20H26N2. The van der Waals surface area contributed by atoms with Crippen LogP contribution < -0.4 is 0 Å². The van der Waals surface area contributed by atoms with Crippen LogP contribution in [0.15, 0.2) is 48.6 Å². The van der Waals surface area contributed by atoms with Gasteiger partial charge in [-0.1, -0.05) is 29.9 Å². The first kappa shape index (κ1) is 17.8. The van der Waals surface area contributed by atoms with E-state index in [0.717, 1.165) is 40.7 Å². The van der Waals surface area contributed by atoms with Crippen molar-refractivity contribution in [1.82, 2.24) is 0 Å². The number of aryl methyl sites for hydroxylation is 1. The van der Waals surface area contributed by atoms with Gasteiger partial charge in [-0.2, -0.15) is 0 Å². The minimum Gasteiger partial charge on any atom is -0.306 e. The molecule has 2 nitrogen and oxygen atoms in total. The summed E-state index contributed by atoms with van der Waals surface area (Å²) >= 11 is 0. The molecule has 0 amide bonds. The van der Waals surface area contributed by atoms with E-state index in [-0.39, 0.29) is 0 Å². The zero-order valence-corrected chi connectivity index (χ0v) is 14.1. The number of benzene rings is 1. The SMILES string of the molecule is C=C(C)CCC(=N)c1ccc(C(/C=C\C(C)=N)=C/C)c(C)c1. The molecule has 0 aliphatic carbocycles. The van der Waals surface area contributed by atoms with Gasteiger partial charge >= 0.3 is 0 Å². The van der Waals surface area contributed by atoms with Crippen molar-refractivity contribution in [2.45, 2.75) is 40.5 Å². The molecule has 0 bridgehead atoms. The van der Waals surface area contributed by atoms with Crippen LogP contribution in [0.2, 0.25) is 0 Å². The topological polar surface area (TPSA) is 47.7 Å². The molecule has 1 aromatic carbocycles. The second kappa shape index (κ2) is 8.28. The molecule has 0 aliphatic rings. The zero-order valence-electron chi connectivity index (χ0n) is 14.1. The van der Waals surface area contributed by atoms with E-state index in [1.807, 2.05) is 32.1 Å². The molecule has 0 saturated carbocycles. The maximum atomic E-state index is 8.18. The highest BCUT2D eigenvalue weighted by Gasteiger charge is 2.07. The lowest BCUT2D eigenvalue weighted by Gasteiger charge is -2.11. The molecule has 0 aromatic heterocycles. The fraction of sp³-hybridized carbons (Fsp3) is 0.300. The summed E-state index contributed by atoms with van der Waals surface area (Å²) < 4.78 is 0. The molecule has 2 N–H and O–H groups in total. The standard InChI is InChI=1S/C20H26N2/c1-6-17(9-8-16(5)21)19-11-10-18(13-15(19)4)20(22)12-7-14(2)3/h6,8-11,13,21-22H,2,7,12H2,1,3-5H3/b9-8-,17-6+,21-16?,22-20?. The first-order valence-corrected chi connectivity index (χ1v) is 7.58. The van der Waals surface area contributed by atoms with Crippen LogP contribution in [0.5, 0.6) is 0 Å². The van der Waals surface area contributed by atoms with Crippen LogP contribution in [-0.4, -0.2) is 11.4 Å². The first-order chi connectivity index (χ1) is 10.3. The fourth-order valence-corrected chi connectivity index (χ4v) is 2.21. The summed E-state index contributed by atoms with van der Waals surface area (Å²) in [7, 11) is 0. The maximum Gasteiger partial charge on any atom is 0.0389 e. The molecule has 0 spiro atoms. The highest BCUT2D eigenvalue weighted by molar-refractivity contribution is 5.99. The summed E-state index contributed by atoms with van der Waals surface area (Å²) in [5, 5.41) is 15.7. The Labute approximate surface area is 134 Å². The Hall–Kier alpha value is -2.22. The average molecular weight is 294 g/mol. The van der Waals surface area contributed by atoms with Gasteiger partial charge in [0.25, 0.3) is 0 Å². The van der Waals surface area contributed by atoms with Crippen molar-refractivity contribution in [2.75, 3.05) is 0 Å². The third kappa shape index (κ3) is 5.28. The molecular weight excluding hydrogens is 268 g/mol. The highest BCUT2D eigenvalue weighted by atomic mass is 14.4. The summed E-state index contributed by atoms with van der Waals surface area (Å²) in [6, 6.07) is 6.15. The number of allylic oxidation sites excluding steroid dienone is 5. The van der Waals surface area contributed by atoms with Crippen molar-refractivity contribution in [3.63, 3.8) is 0 Å². The highest BCUT2D eigenvalue weighted by Crippen LogP contribution is 2.22. The lowest BCUT2D eigenvalue weighted by atomic mass is 9.95. The van der Waals surface area contributed by atoms with Crippen molar-refractivity contribution >= 4 is 17.0 Å². The van der Waals surface area contributed by atoms with E-state index in [1.165, 1.54) is 0 Å². The molecule has 0 heterocycles. The van der Waals surface area contributed by atoms with E-state index in [2.05, 4.69) is 25.6 Å². The van der Waals surface area contributed by atoms with Gasteiger partial charge in [0, 0.05) is 11.4 Å². The van der Waals surface area contributed by atoms with E-state index in [4.69, 9.17) is 10.8 Å². The van der Waals surface area contributed by atoms with Crippen LogP contribution in [0, 0.1) is 17.7 Å². The predicted octanol–water partition coefficient (Wildman–Crippen LogP) is 5.72. The van der Waals surface area contributed by atoms with Gasteiger partial charge in [0.1, 0.15) is 0 Å². The van der Waals surface area contributed by atoms with Gasteiger partial charge in [-0.25, -0.2) is 0 Å². The minimum atomic E-state index is 0.537. The molecule has 0 saturated heterocycles. The first-order valence-electron chi connectivity index (χ1n) is 7.58. The average Bonchev–Trinajstić information content (AvgIpc) is 2.46.